The van der Waals surface area contributed by atoms with Gasteiger partial charge >= 0.3 is 0 Å². The van der Waals surface area contributed by atoms with E-state index in [2.05, 4.69) is 4.72 Å². The van der Waals surface area contributed by atoms with Crippen molar-refractivity contribution in [2.75, 3.05) is 29.4 Å². The van der Waals surface area contributed by atoms with Crippen LogP contribution < -0.4 is 19.1 Å². The number of anilines is 2. The predicted octanol–water partition coefficient (Wildman–Crippen LogP) is 2.39. The molecule has 2 aromatic carbocycles. The standard InChI is InChI=1S/C18H18N2O5S/c21-18-2-1-9-20(18)14-5-3-13(4-6-14)19-26(22,23)15-7-8-16-17(12-15)25-11-10-24-16/h3-8,12,19H,1-2,9-11H2. The number of hydrogen-bond donors (Lipinski definition) is 1. The Morgan fingerprint density at radius 2 is 1.69 bits per heavy atom. The van der Waals surface area contributed by atoms with Crippen molar-refractivity contribution < 1.29 is 22.7 Å². The fourth-order valence-electron chi connectivity index (χ4n) is 3.04. The Bertz CT molecular complexity index is 941. The van der Waals surface area contributed by atoms with Crippen LogP contribution in [0.3, 0.4) is 0 Å². The first-order valence-electron chi connectivity index (χ1n) is 8.36. The number of carbonyl (C=O) groups excluding carboxylic acids is 1. The molecular formula is C18H18N2O5S. The van der Waals surface area contributed by atoms with E-state index in [1.165, 1.54) is 12.1 Å². The molecule has 1 amide bonds. The van der Waals surface area contributed by atoms with Gasteiger partial charge in [-0.2, -0.15) is 0 Å². The molecule has 0 spiro atoms. The highest BCUT2D eigenvalue weighted by molar-refractivity contribution is 7.92. The maximum absolute atomic E-state index is 12.6. The first-order chi connectivity index (χ1) is 12.5. The lowest BCUT2D eigenvalue weighted by Crippen LogP contribution is -2.23. The van der Waals surface area contributed by atoms with E-state index in [0.717, 1.165) is 12.1 Å². The van der Waals surface area contributed by atoms with E-state index in [0.29, 0.717) is 43.4 Å². The molecule has 0 aromatic heterocycles. The summed E-state index contributed by atoms with van der Waals surface area (Å²) in [6.07, 6.45) is 1.40. The van der Waals surface area contributed by atoms with Gasteiger partial charge in [-0.15, -0.1) is 0 Å². The first-order valence-corrected chi connectivity index (χ1v) is 9.84. The number of amides is 1. The Hall–Kier alpha value is -2.74. The van der Waals surface area contributed by atoms with Crippen LogP contribution in [0.1, 0.15) is 12.8 Å². The second kappa shape index (κ2) is 6.53. The summed E-state index contributed by atoms with van der Waals surface area (Å²) in [7, 11) is -3.76. The molecular weight excluding hydrogens is 356 g/mol. The largest absolute Gasteiger partial charge is 0.486 e. The number of carbonyl (C=O) groups is 1. The van der Waals surface area contributed by atoms with E-state index in [9.17, 15) is 13.2 Å². The number of rotatable bonds is 4. The Morgan fingerprint density at radius 1 is 0.962 bits per heavy atom. The van der Waals surface area contributed by atoms with E-state index < -0.39 is 10.0 Å². The predicted molar refractivity (Wildman–Crippen MR) is 96.3 cm³/mol. The molecule has 0 atom stereocenters. The maximum atomic E-state index is 12.6. The van der Waals surface area contributed by atoms with Gasteiger partial charge in [0.15, 0.2) is 11.5 Å². The zero-order valence-electron chi connectivity index (χ0n) is 14.0. The van der Waals surface area contributed by atoms with Gasteiger partial charge in [-0.25, -0.2) is 8.42 Å². The van der Waals surface area contributed by atoms with Gasteiger partial charge in [-0.3, -0.25) is 9.52 Å². The zero-order chi connectivity index (χ0) is 18.1. The molecule has 0 unspecified atom stereocenters. The number of fused-ring (bicyclic) bond motifs is 1. The molecule has 0 bridgehead atoms. The second-order valence-corrected chi connectivity index (χ2v) is 7.79. The third-order valence-electron chi connectivity index (χ3n) is 4.33. The van der Waals surface area contributed by atoms with Crippen LogP contribution in [-0.2, 0) is 14.8 Å². The van der Waals surface area contributed by atoms with Gasteiger partial charge in [-0.1, -0.05) is 0 Å². The molecule has 2 aliphatic rings. The molecule has 2 aliphatic heterocycles. The molecule has 26 heavy (non-hydrogen) atoms. The van der Waals surface area contributed by atoms with Gasteiger partial charge in [-0.05, 0) is 42.8 Å². The zero-order valence-corrected chi connectivity index (χ0v) is 14.8. The number of sulfonamides is 1. The van der Waals surface area contributed by atoms with Crippen molar-refractivity contribution in [3.05, 3.63) is 42.5 Å². The van der Waals surface area contributed by atoms with Crippen LogP contribution in [0.2, 0.25) is 0 Å². The summed E-state index contributed by atoms with van der Waals surface area (Å²) in [5.74, 6) is 1.05. The Balaban J connectivity index is 1.53. The Morgan fingerprint density at radius 3 is 2.38 bits per heavy atom. The summed E-state index contributed by atoms with van der Waals surface area (Å²) in [6, 6.07) is 11.3. The third-order valence-corrected chi connectivity index (χ3v) is 5.71. The molecule has 1 saturated heterocycles. The van der Waals surface area contributed by atoms with Crippen molar-refractivity contribution in [3.63, 3.8) is 0 Å². The second-order valence-electron chi connectivity index (χ2n) is 6.11. The number of nitrogens with zero attached hydrogens (tertiary/aromatic N) is 1. The normalized spacial score (nSPS) is 16.6. The van der Waals surface area contributed by atoms with Gasteiger partial charge in [0, 0.05) is 30.4 Å². The van der Waals surface area contributed by atoms with E-state index in [-0.39, 0.29) is 10.8 Å². The lowest BCUT2D eigenvalue weighted by molar-refractivity contribution is -0.117. The summed E-state index contributed by atoms with van der Waals surface area (Å²) in [5.41, 5.74) is 1.20. The first kappa shape index (κ1) is 16.7. The molecule has 1 N–H and O–H groups in total. The lowest BCUT2D eigenvalue weighted by atomic mass is 10.2. The minimum absolute atomic E-state index is 0.0922. The summed E-state index contributed by atoms with van der Waals surface area (Å²) in [4.78, 5) is 13.6. The number of hydrogen-bond acceptors (Lipinski definition) is 5. The van der Waals surface area contributed by atoms with Gasteiger partial charge in [0.1, 0.15) is 13.2 Å². The van der Waals surface area contributed by atoms with Gasteiger partial charge in [0.05, 0.1) is 4.90 Å². The fraction of sp³-hybridized carbons (Fsp3) is 0.278. The monoisotopic (exact) mass is 374 g/mol. The minimum atomic E-state index is -3.76. The molecule has 1 fully saturated rings. The topological polar surface area (TPSA) is 84.9 Å². The van der Waals surface area contributed by atoms with E-state index in [4.69, 9.17) is 9.47 Å². The van der Waals surface area contributed by atoms with Crippen molar-refractivity contribution in [1.82, 2.24) is 0 Å². The number of nitrogens with one attached hydrogen (secondary N) is 1. The summed E-state index contributed by atoms with van der Waals surface area (Å²) in [5, 5.41) is 0. The van der Waals surface area contributed by atoms with Gasteiger partial charge in [0.25, 0.3) is 10.0 Å². The Kier molecular flexibility index (Phi) is 4.20. The molecule has 7 nitrogen and oxygen atoms in total. The van der Waals surface area contributed by atoms with Gasteiger partial charge < -0.3 is 14.4 Å². The molecule has 0 radical (unpaired) electrons. The summed E-state index contributed by atoms with van der Waals surface area (Å²) in [6.45, 7) is 1.53. The molecule has 2 aromatic rings. The molecule has 2 heterocycles. The van der Waals surface area contributed by atoms with Crippen LogP contribution >= 0.6 is 0 Å². The molecule has 0 aliphatic carbocycles. The van der Waals surface area contributed by atoms with E-state index in [1.54, 1.807) is 35.2 Å². The number of benzene rings is 2. The van der Waals surface area contributed by atoms with Crippen molar-refractivity contribution in [2.45, 2.75) is 17.7 Å². The van der Waals surface area contributed by atoms with Crippen LogP contribution in [0, 0.1) is 0 Å². The highest BCUT2D eigenvalue weighted by Gasteiger charge is 2.22. The minimum Gasteiger partial charge on any atom is -0.486 e. The van der Waals surface area contributed by atoms with Crippen molar-refractivity contribution in [2.24, 2.45) is 0 Å². The molecule has 4 rings (SSSR count). The maximum Gasteiger partial charge on any atom is 0.262 e. The van der Waals surface area contributed by atoms with Crippen LogP contribution in [0.4, 0.5) is 11.4 Å². The Labute approximate surface area is 151 Å². The smallest absolute Gasteiger partial charge is 0.262 e. The highest BCUT2D eigenvalue weighted by Crippen LogP contribution is 2.33. The summed E-state index contributed by atoms with van der Waals surface area (Å²) < 4.78 is 38.6. The average Bonchev–Trinajstić information content (AvgIpc) is 3.07. The van der Waals surface area contributed by atoms with Crippen molar-refractivity contribution in [1.29, 1.82) is 0 Å². The summed E-state index contributed by atoms with van der Waals surface area (Å²) >= 11 is 0. The van der Waals surface area contributed by atoms with Crippen molar-refractivity contribution >= 4 is 27.3 Å². The quantitative estimate of drug-likeness (QED) is 0.888. The lowest BCUT2D eigenvalue weighted by Gasteiger charge is -2.19. The van der Waals surface area contributed by atoms with Crippen LogP contribution in [-0.4, -0.2) is 34.1 Å². The SMILES string of the molecule is O=C1CCCN1c1ccc(NS(=O)(=O)c2ccc3c(c2)OCCO3)cc1. The van der Waals surface area contributed by atoms with Crippen molar-refractivity contribution in [3.8, 4) is 11.5 Å². The van der Waals surface area contributed by atoms with Crippen LogP contribution in [0.25, 0.3) is 0 Å². The average molecular weight is 374 g/mol. The fourth-order valence-corrected chi connectivity index (χ4v) is 4.11. The molecule has 136 valence electrons. The highest BCUT2D eigenvalue weighted by atomic mass is 32.2. The van der Waals surface area contributed by atoms with Gasteiger partial charge in [0.2, 0.25) is 5.91 Å². The molecule has 8 heteroatoms. The third kappa shape index (κ3) is 3.20. The van der Waals surface area contributed by atoms with Crippen LogP contribution in [0.5, 0.6) is 11.5 Å². The van der Waals surface area contributed by atoms with E-state index in [1.807, 2.05) is 0 Å². The van der Waals surface area contributed by atoms with E-state index >= 15 is 0 Å². The molecule has 0 saturated carbocycles. The van der Waals surface area contributed by atoms with Crippen LogP contribution in [0.15, 0.2) is 47.4 Å². The number of ether oxygens (including phenoxy) is 2.